The zero-order valence-corrected chi connectivity index (χ0v) is 20.5. The van der Waals surface area contributed by atoms with Gasteiger partial charge < -0.3 is 19.7 Å². The van der Waals surface area contributed by atoms with Crippen molar-refractivity contribution in [3.63, 3.8) is 0 Å². The molecule has 0 spiro atoms. The van der Waals surface area contributed by atoms with Gasteiger partial charge in [0.2, 0.25) is 11.9 Å². The third-order valence-corrected chi connectivity index (χ3v) is 6.39. The maximum atomic E-state index is 12.4. The van der Waals surface area contributed by atoms with Crippen molar-refractivity contribution in [2.24, 2.45) is 0 Å². The fraction of sp³-hybridized carbons (Fsp3) is 0.400. The molecule has 4 rings (SSSR count). The van der Waals surface area contributed by atoms with Crippen LogP contribution in [0.1, 0.15) is 25.3 Å². The van der Waals surface area contributed by atoms with E-state index in [-0.39, 0.29) is 11.7 Å². The van der Waals surface area contributed by atoms with Gasteiger partial charge in [-0.25, -0.2) is 0 Å². The van der Waals surface area contributed by atoms with Crippen molar-refractivity contribution in [3.8, 4) is 17.2 Å². The normalized spacial score (nSPS) is 13.2. The van der Waals surface area contributed by atoms with Crippen LogP contribution in [0.3, 0.4) is 0 Å². The Labute approximate surface area is 204 Å². The third kappa shape index (κ3) is 6.22. The van der Waals surface area contributed by atoms with E-state index in [1.54, 1.807) is 0 Å². The lowest BCUT2D eigenvalue weighted by molar-refractivity contribution is -0.118. The predicted octanol–water partition coefficient (Wildman–Crippen LogP) is 3.86. The topological polar surface area (TPSA) is 81.5 Å². The monoisotopic (exact) mass is 481 g/mol. The number of hydrogen-bond donors (Lipinski definition) is 1. The quantitative estimate of drug-likeness (QED) is 0.329. The Morgan fingerprint density at radius 1 is 1.00 bits per heavy atom. The molecule has 180 valence electrons. The van der Waals surface area contributed by atoms with Crippen LogP contribution in [0, 0.1) is 6.92 Å². The fourth-order valence-corrected chi connectivity index (χ4v) is 4.51. The molecule has 2 heterocycles. The number of ether oxygens (including phenoxy) is 2. The van der Waals surface area contributed by atoms with E-state index >= 15 is 0 Å². The van der Waals surface area contributed by atoms with Crippen molar-refractivity contribution >= 4 is 23.6 Å². The molecule has 1 N–H and O–H groups in total. The molecule has 0 saturated carbocycles. The van der Waals surface area contributed by atoms with E-state index in [9.17, 15) is 4.79 Å². The number of rotatable bonds is 11. The summed E-state index contributed by atoms with van der Waals surface area (Å²) in [7, 11) is 0. The van der Waals surface area contributed by atoms with Gasteiger partial charge in [0.05, 0.1) is 24.6 Å². The zero-order valence-electron chi connectivity index (χ0n) is 19.7. The lowest BCUT2D eigenvalue weighted by Crippen LogP contribution is -2.29. The first-order chi connectivity index (χ1) is 16.6. The summed E-state index contributed by atoms with van der Waals surface area (Å²) in [6.07, 6.45) is 2.31. The highest BCUT2D eigenvalue weighted by Gasteiger charge is 2.22. The van der Waals surface area contributed by atoms with Gasteiger partial charge >= 0.3 is 0 Å². The molecule has 0 bridgehead atoms. The molecule has 0 unspecified atom stereocenters. The van der Waals surface area contributed by atoms with Crippen molar-refractivity contribution in [1.29, 1.82) is 0 Å². The number of aromatic nitrogens is 3. The molecule has 2 aromatic carbocycles. The number of carbonyl (C=O) groups excluding carboxylic acids is 1. The second kappa shape index (κ2) is 11.8. The maximum Gasteiger partial charge on any atom is 0.232 e. The van der Waals surface area contributed by atoms with Crippen molar-refractivity contribution in [2.75, 3.05) is 43.5 Å². The van der Waals surface area contributed by atoms with Gasteiger partial charge in [0, 0.05) is 13.1 Å². The van der Waals surface area contributed by atoms with Crippen molar-refractivity contribution in [3.05, 3.63) is 54.1 Å². The molecule has 3 aromatic rings. The number of benzene rings is 2. The van der Waals surface area contributed by atoms with Crippen LogP contribution in [0.2, 0.25) is 0 Å². The molecule has 0 aliphatic carbocycles. The summed E-state index contributed by atoms with van der Waals surface area (Å²) in [5.74, 6) is 2.58. The molecular formula is C25H31N5O3S. The second-order valence-electron chi connectivity index (χ2n) is 8.04. The summed E-state index contributed by atoms with van der Waals surface area (Å²) in [6.45, 7) is 7.42. The summed E-state index contributed by atoms with van der Waals surface area (Å²) in [5, 5.41) is 12.5. The fourth-order valence-electron chi connectivity index (χ4n) is 3.74. The summed E-state index contributed by atoms with van der Waals surface area (Å²) in [5.41, 5.74) is 2.20. The predicted molar refractivity (Wildman–Crippen MR) is 134 cm³/mol. The van der Waals surface area contributed by atoms with Gasteiger partial charge in [0.1, 0.15) is 18.1 Å². The van der Waals surface area contributed by atoms with Gasteiger partial charge in [-0.1, -0.05) is 29.5 Å². The van der Waals surface area contributed by atoms with Gasteiger partial charge in [-0.05, 0) is 63.1 Å². The minimum absolute atomic E-state index is 0.0681. The number of amides is 1. The van der Waals surface area contributed by atoms with E-state index in [1.807, 2.05) is 31.2 Å². The first kappa shape index (κ1) is 23.9. The largest absolute Gasteiger partial charge is 0.494 e. The summed E-state index contributed by atoms with van der Waals surface area (Å²) >= 11 is 1.39. The summed E-state index contributed by atoms with van der Waals surface area (Å²) < 4.78 is 13.2. The van der Waals surface area contributed by atoms with Crippen molar-refractivity contribution < 1.29 is 14.3 Å². The van der Waals surface area contributed by atoms with Gasteiger partial charge in [0.15, 0.2) is 5.16 Å². The maximum absolute atomic E-state index is 12.4. The molecular weight excluding hydrogens is 450 g/mol. The molecule has 1 aliphatic rings. The molecule has 0 atom stereocenters. The number of aryl methyl sites for hydroxylation is 1. The Bertz CT molecular complexity index is 1060. The molecule has 1 amide bonds. The van der Waals surface area contributed by atoms with Gasteiger partial charge in [-0.15, -0.1) is 10.2 Å². The Morgan fingerprint density at radius 2 is 1.68 bits per heavy atom. The number of nitrogens with one attached hydrogen (secondary N) is 1. The highest BCUT2D eigenvalue weighted by atomic mass is 32.2. The third-order valence-electron chi connectivity index (χ3n) is 5.46. The van der Waals surface area contributed by atoms with E-state index in [4.69, 9.17) is 9.47 Å². The zero-order chi connectivity index (χ0) is 23.8. The molecule has 1 aromatic heterocycles. The molecule has 1 aliphatic heterocycles. The Hall–Kier alpha value is -3.20. The average Bonchev–Trinajstić information content (AvgIpc) is 3.52. The van der Waals surface area contributed by atoms with Crippen LogP contribution >= 0.6 is 11.8 Å². The van der Waals surface area contributed by atoms with Crippen LogP contribution in [0.4, 0.5) is 5.95 Å². The van der Waals surface area contributed by atoms with E-state index in [2.05, 4.69) is 56.2 Å². The molecule has 0 radical (unpaired) electrons. The number of carbonyl (C=O) groups is 1. The average molecular weight is 482 g/mol. The standard InChI is InChI=1S/C25H31N5O3S/c1-3-32-21-10-12-22(13-11-21)33-17-14-26-23(31)18-34-25-28-27-24(29-15-4-5-16-29)30(25)20-8-6-19(2)7-9-20/h6-13H,3-5,14-18H2,1-2H3,(H,26,31). The van der Waals surface area contributed by atoms with E-state index in [1.165, 1.54) is 17.3 Å². The number of thioether (sulfide) groups is 1. The minimum atomic E-state index is -0.0681. The highest BCUT2D eigenvalue weighted by molar-refractivity contribution is 7.99. The Kier molecular flexibility index (Phi) is 8.30. The van der Waals surface area contributed by atoms with Crippen molar-refractivity contribution in [2.45, 2.75) is 31.8 Å². The SMILES string of the molecule is CCOc1ccc(OCCNC(=O)CSc2nnc(N3CCCC3)n2-c2ccc(C)cc2)cc1. The van der Waals surface area contributed by atoms with Gasteiger partial charge in [0.25, 0.3) is 0 Å². The van der Waals surface area contributed by atoms with Crippen LogP contribution in [0.25, 0.3) is 5.69 Å². The first-order valence-corrected chi connectivity index (χ1v) is 12.6. The van der Waals surface area contributed by atoms with Crippen molar-refractivity contribution in [1.82, 2.24) is 20.1 Å². The van der Waals surface area contributed by atoms with Gasteiger partial charge in [-0.2, -0.15) is 0 Å². The first-order valence-electron chi connectivity index (χ1n) is 11.7. The molecule has 1 fully saturated rings. The van der Waals surface area contributed by atoms with E-state index < -0.39 is 0 Å². The van der Waals surface area contributed by atoms with Gasteiger partial charge in [-0.3, -0.25) is 9.36 Å². The lowest BCUT2D eigenvalue weighted by atomic mass is 10.2. The Morgan fingerprint density at radius 3 is 2.35 bits per heavy atom. The van der Waals surface area contributed by atoms with Crippen LogP contribution in [0.5, 0.6) is 11.5 Å². The molecule has 8 nitrogen and oxygen atoms in total. The van der Waals surface area contributed by atoms with Crippen LogP contribution in [-0.4, -0.2) is 59.3 Å². The summed E-state index contributed by atoms with van der Waals surface area (Å²) in [4.78, 5) is 14.7. The smallest absolute Gasteiger partial charge is 0.232 e. The molecule has 1 saturated heterocycles. The number of hydrogen-bond acceptors (Lipinski definition) is 7. The minimum Gasteiger partial charge on any atom is -0.494 e. The lowest BCUT2D eigenvalue weighted by Gasteiger charge is -2.18. The van der Waals surface area contributed by atoms with Crippen LogP contribution in [-0.2, 0) is 4.79 Å². The van der Waals surface area contributed by atoms with E-state index in [0.717, 1.165) is 49.1 Å². The van der Waals surface area contributed by atoms with Crippen LogP contribution < -0.4 is 19.7 Å². The van der Waals surface area contributed by atoms with Crippen LogP contribution in [0.15, 0.2) is 53.7 Å². The number of nitrogens with zero attached hydrogens (tertiary/aromatic N) is 4. The molecule has 9 heteroatoms. The molecule has 34 heavy (non-hydrogen) atoms. The summed E-state index contributed by atoms with van der Waals surface area (Å²) in [6, 6.07) is 15.8. The second-order valence-corrected chi connectivity index (χ2v) is 8.98. The van der Waals surface area contributed by atoms with E-state index in [0.29, 0.717) is 24.9 Å². The highest BCUT2D eigenvalue weighted by Crippen LogP contribution is 2.28. The number of anilines is 1. The Balaban J connectivity index is 1.30.